The molecule has 2 aromatic heterocycles. The van der Waals surface area contributed by atoms with Crippen LogP contribution in [-0.4, -0.2) is 33.2 Å². The highest BCUT2D eigenvalue weighted by Gasteiger charge is 2.16. The van der Waals surface area contributed by atoms with Gasteiger partial charge in [0, 0.05) is 29.8 Å². The largest absolute Gasteiger partial charge is 0.359 e. The number of aryl methyl sites for hydroxylation is 1. The molecule has 0 saturated carbocycles. The Kier molecular flexibility index (Phi) is 5.39. The summed E-state index contributed by atoms with van der Waals surface area (Å²) < 4.78 is 5.42. The molecule has 4 aromatic rings. The molecular weight excluding hydrogens is 376 g/mol. The predicted octanol–water partition coefficient (Wildman–Crippen LogP) is 4.69. The predicted molar refractivity (Wildman–Crippen MR) is 115 cm³/mol. The molecule has 0 bridgehead atoms. The molecule has 30 heavy (non-hydrogen) atoms. The minimum absolute atomic E-state index is 0.0914. The third kappa shape index (κ3) is 3.98. The van der Waals surface area contributed by atoms with Crippen molar-refractivity contribution in [3.63, 3.8) is 0 Å². The average molecular weight is 398 g/mol. The molecule has 0 aliphatic carbocycles. The van der Waals surface area contributed by atoms with E-state index in [1.165, 1.54) is 0 Å². The molecule has 2 heterocycles. The van der Waals surface area contributed by atoms with Crippen LogP contribution in [0.25, 0.3) is 22.5 Å². The number of hydrogen-bond donors (Lipinski definition) is 0. The topological polar surface area (TPSA) is 72.1 Å². The van der Waals surface area contributed by atoms with Gasteiger partial charge in [-0.1, -0.05) is 47.6 Å². The second kappa shape index (κ2) is 8.29. The zero-order valence-corrected chi connectivity index (χ0v) is 17.2. The summed E-state index contributed by atoms with van der Waals surface area (Å²) in [5.74, 6) is 0.540. The van der Waals surface area contributed by atoms with E-state index in [0.717, 1.165) is 33.6 Å². The van der Waals surface area contributed by atoms with Crippen molar-refractivity contribution in [3.8, 4) is 22.5 Å². The molecule has 150 valence electrons. The Hall–Kier alpha value is -3.80. The van der Waals surface area contributed by atoms with Crippen LogP contribution in [0.3, 0.4) is 0 Å². The highest BCUT2D eigenvalue weighted by molar-refractivity contribution is 5.94. The molecule has 2 aromatic carbocycles. The lowest BCUT2D eigenvalue weighted by Crippen LogP contribution is -2.25. The second-order valence-corrected chi connectivity index (χ2v) is 7.28. The van der Waals surface area contributed by atoms with E-state index < -0.39 is 0 Å². The van der Waals surface area contributed by atoms with E-state index >= 15 is 0 Å². The molecule has 0 N–H and O–H groups in total. The molecule has 0 aliphatic heterocycles. The molecule has 0 aliphatic rings. The standard InChI is InChI=1S/C24H22N4O2/c1-16-14-25-26-23(17(16)2)19-9-11-20(12-10-19)24(29)28(3)15-21-13-22(27-30-21)18-7-5-4-6-8-18/h4-14H,15H2,1-3H3. The fourth-order valence-electron chi connectivity index (χ4n) is 3.24. The maximum absolute atomic E-state index is 12.8. The molecular formula is C24H22N4O2. The van der Waals surface area contributed by atoms with E-state index in [1.807, 2.05) is 74.5 Å². The fourth-order valence-corrected chi connectivity index (χ4v) is 3.24. The summed E-state index contributed by atoms with van der Waals surface area (Å²) in [6, 6.07) is 19.1. The van der Waals surface area contributed by atoms with Crippen molar-refractivity contribution in [2.75, 3.05) is 7.05 Å². The highest BCUT2D eigenvalue weighted by Crippen LogP contribution is 2.23. The van der Waals surface area contributed by atoms with Gasteiger partial charge in [0.05, 0.1) is 18.4 Å². The molecule has 1 amide bonds. The summed E-state index contributed by atoms with van der Waals surface area (Å²) in [7, 11) is 1.75. The number of hydrogen-bond acceptors (Lipinski definition) is 5. The number of rotatable bonds is 5. The normalized spacial score (nSPS) is 10.8. The number of benzene rings is 2. The van der Waals surface area contributed by atoms with Crippen molar-refractivity contribution >= 4 is 5.91 Å². The number of aromatic nitrogens is 3. The Bertz CT molecular complexity index is 1170. The molecule has 0 spiro atoms. The van der Waals surface area contributed by atoms with Gasteiger partial charge in [0.15, 0.2) is 5.76 Å². The molecule has 6 heteroatoms. The van der Waals surface area contributed by atoms with Crippen LogP contribution in [0.5, 0.6) is 0 Å². The smallest absolute Gasteiger partial charge is 0.254 e. The van der Waals surface area contributed by atoms with Crippen LogP contribution in [0.15, 0.2) is 71.4 Å². The first-order valence-corrected chi connectivity index (χ1v) is 9.68. The highest BCUT2D eigenvalue weighted by atomic mass is 16.5. The van der Waals surface area contributed by atoms with Gasteiger partial charge in [0.1, 0.15) is 5.69 Å². The fraction of sp³-hybridized carbons (Fsp3) is 0.167. The number of amides is 1. The van der Waals surface area contributed by atoms with Crippen LogP contribution >= 0.6 is 0 Å². The molecule has 6 nitrogen and oxygen atoms in total. The zero-order valence-electron chi connectivity index (χ0n) is 17.2. The minimum atomic E-state index is -0.0914. The van der Waals surface area contributed by atoms with Gasteiger partial charge in [-0.25, -0.2) is 0 Å². The first kappa shape index (κ1) is 19.5. The molecule has 0 saturated heterocycles. The second-order valence-electron chi connectivity index (χ2n) is 7.28. The lowest BCUT2D eigenvalue weighted by molar-refractivity contribution is 0.0772. The number of carbonyl (C=O) groups excluding carboxylic acids is 1. The van der Waals surface area contributed by atoms with Crippen LogP contribution in [0, 0.1) is 13.8 Å². The van der Waals surface area contributed by atoms with E-state index in [-0.39, 0.29) is 5.91 Å². The van der Waals surface area contributed by atoms with E-state index in [0.29, 0.717) is 17.9 Å². The van der Waals surface area contributed by atoms with Gasteiger partial charge in [-0.2, -0.15) is 10.2 Å². The van der Waals surface area contributed by atoms with Crippen LogP contribution < -0.4 is 0 Å². The average Bonchev–Trinajstić information content (AvgIpc) is 3.24. The minimum Gasteiger partial charge on any atom is -0.359 e. The van der Waals surface area contributed by atoms with Gasteiger partial charge in [-0.05, 0) is 37.1 Å². The Labute approximate surface area is 175 Å². The van der Waals surface area contributed by atoms with Crippen molar-refractivity contribution in [1.82, 2.24) is 20.3 Å². The van der Waals surface area contributed by atoms with Crippen LogP contribution in [0.2, 0.25) is 0 Å². The molecule has 4 rings (SSSR count). The van der Waals surface area contributed by atoms with Crippen LogP contribution in [0.4, 0.5) is 0 Å². The van der Waals surface area contributed by atoms with Gasteiger partial charge in [-0.3, -0.25) is 4.79 Å². The lowest BCUT2D eigenvalue weighted by atomic mass is 10.0. The molecule has 0 radical (unpaired) electrons. The first-order chi connectivity index (χ1) is 14.5. The molecule has 0 atom stereocenters. The van der Waals surface area contributed by atoms with Gasteiger partial charge in [-0.15, -0.1) is 0 Å². The van der Waals surface area contributed by atoms with Gasteiger partial charge < -0.3 is 9.42 Å². The van der Waals surface area contributed by atoms with Crippen molar-refractivity contribution in [2.45, 2.75) is 20.4 Å². The summed E-state index contributed by atoms with van der Waals surface area (Å²) >= 11 is 0. The molecule has 0 fully saturated rings. The summed E-state index contributed by atoms with van der Waals surface area (Å²) in [6.45, 7) is 4.36. The van der Waals surface area contributed by atoms with E-state index in [2.05, 4.69) is 15.4 Å². The van der Waals surface area contributed by atoms with Crippen LogP contribution in [0.1, 0.15) is 27.2 Å². The summed E-state index contributed by atoms with van der Waals surface area (Å²) in [5.41, 5.74) is 6.27. The lowest BCUT2D eigenvalue weighted by Gasteiger charge is -2.15. The van der Waals surface area contributed by atoms with Crippen LogP contribution in [-0.2, 0) is 6.54 Å². The van der Waals surface area contributed by atoms with Gasteiger partial charge in [0.2, 0.25) is 0 Å². The van der Waals surface area contributed by atoms with Crippen molar-refractivity contribution in [3.05, 3.63) is 89.3 Å². The first-order valence-electron chi connectivity index (χ1n) is 9.68. The van der Waals surface area contributed by atoms with E-state index in [9.17, 15) is 4.79 Å². The summed E-state index contributed by atoms with van der Waals surface area (Å²) in [6.07, 6.45) is 1.75. The number of nitrogens with zero attached hydrogens (tertiary/aromatic N) is 4. The summed E-state index contributed by atoms with van der Waals surface area (Å²) in [4.78, 5) is 14.4. The van der Waals surface area contributed by atoms with Crippen molar-refractivity contribution < 1.29 is 9.32 Å². The molecule has 0 unspecified atom stereocenters. The third-order valence-corrected chi connectivity index (χ3v) is 5.13. The third-order valence-electron chi connectivity index (χ3n) is 5.13. The zero-order chi connectivity index (χ0) is 21.1. The monoisotopic (exact) mass is 398 g/mol. The van der Waals surface area contributed by atoms with Crippen molar-refractivity contribution in [2.24, 2.45) is 0 Å². The Morgan fingerprint density at radius 2 is 1.73 bits per heavy atom. The van der Waals surface area contributed by atoms with Gasteiger partial charge in [0.25, 0.3) is 5.91 Å². The SMILES string of the molecule is Cc1cnnc(-c2ccc(C(=O)N(C)Cc3cc(-c4ccccc4)no3)cc2)c1C. The Morgan fingerprint density at radius 1 is 1.00 bits per heavy atom. The quantitative estimate of drug-likeness (QED) is 0.488. The van der Waals surface area contributed by atoms with E-state index in [1.54, 1.807) is 18.1 Å². The summed E-state index contributed by atoms with van der Waals surface area (Å²) in [5, 5.41) is 12.4. The maximum atomic E-state index is 12.8. The maximum Gasteiger partial charge on any atom is 0.254 e. The Balaban J connectivity index is 1.47. The number of carbonyl (C=O) groups is 1. The Morgan fingerprint density at radius 3 is 2.47 bits per heavy atom. The van der Waals surface area contributed by atoms with Crippen molar-refractivity contribution in [1.29, 1.82) is 0 Å². The van der Waals surface area contributed by atoms with Gasteiger partial charge >= 0.3 is 0 Å². The van der Waals surface area contributed by atoms with E-state index in [4.69, 9.17) is 4.52 Å².